The highest BCUT2D eigenvalue weighted by molar-refractivity contribution is 5.85. The van der Waals surface area contributed by atoms with Crippen LogP contribution < -0.4 is 10.6 Å². The zero-order chi connectivity index (χ0) is 8.39. The van der Waals surface area contributed by atoms with Gasteiger partial charge in [-0.15, -0.1) is 12.4 Å². The quantitative estimate of drug-likeness (QED) is 0.642. The normalized spacial score (nSPS) is 24.0. The number of amides is 2. The van der Waals surface area contributed by atoms with E-state index in [1.807, 2.05) is 4.90 Å². The van der Waals surface area contributed by atoms with Gasteiger partial charge in [0, 0.05) is 19.1 Å². The van der Waals surface area contributed by atoms with Gasteiger partial charge in [-0.1, -0.05) is 0 Å². The molecule has 0 aromatic heterocycles. The van der Waals surface area contributed by atoms with Gasteiger partial charge in [-0.2, -0.15) is 0 Å². The van der Waals surface area contributed by atoms with E-state index in [0.717, 1.165) is 39.0 Å². The number of rotatable bonds is 1. The molecular formula is C8H16ClN3O. The first-order chi connectivity index (χ1) is 5.88. The number of hydrogen-bond donors (Lipinski definition) is 2. The van der Waals surface area contributed by atoms with Gasteiger partial charge < -0.3 is 15.5 Å². The third-order valence-electron chi connectivity index (χ3n) is 2.64. The molecule has 2 fully saturated rings. The SMILES string of the molecule is Cl.O=C1NCCN1C1CCNCC1. The molecule has 5 heteroatoms. The Labute approximate surface area is 84.5 Å². The van der Waals surface area contributed by atoms with Crippen LogP contribution in [0.5, 0.6) is 0 Å². The van der Waals surface area contributed by atoms with Crippen LogP contribution in [-0.2, 0) is 0 Å². The van der Waals surface area contributed by atoms with Crippen LogP contribution in [0.15, 0.2) is 0 Å². The highest BCUT2D eigenvalue weighted by Gasteiger charge is 2.28. The fourth-order valence-electron chi connectivity index (χ4n) is 1.95. The van der Waals surface area contributed by atoms with Gasteiger partial charge in [0.05, 0.1) is 0 Å². The molecule has 0 aliphatic carbocycles. The topological polar surface area (TPSA) is 44.4 Å². The van der Waals surface area contributed by atoms with Crippen LogP contribution in [0, 0.1) is 0 Å². The van der Waals surface area contributed by atoms with Crippen molar-refractivity contribution in [1.29, 1.82) is 0 Å². The zero-order valence-electron chi connectivity index (χ0n) is 7.58. The molecule has 2 N–H and O–H groups in total. The van der Waals surface area contributed by atoms with Crippen molar-refractivity contribution < 1.29 is 4.79 Å². The van der Waals surface area contributed by atoms with Crippen molar-refractivity contribution in [3.05, 3.63) is 0 Å². The summed E-state index contributed by atoms with van der Waals surface area (Å²) in [6.07, 6.45) is 2.21. The monoisotopic (exact) mass is 205 g/mol. The molecule has 0 saturated carbocycles. The lowest BCUT2D eigenvalue weighted by Gasteiger charge is -2.30. The molecule has 2 heterocycles. The molecule has 0 unspecified atom stereocenters. The lowest BCUT2D eigenvalue weighted by molar-refractivity contribution is 0.183. The fourth-order valence-corrected chi connectivity index (χ4v) is 1.95. The summed E-state index contributed by atoms with van der Waals surface area (Å²) in [4.78, 5) is 13.2. The van der Waals surface area contributed by atoms with Crippen molar-refractivity contribution in [2.45, 2.75) is 18.9 Å². The first kappa shape index (κ1) is 10.6. The zero-order valence-corrected chi connectivity index (χ0v) is 8.40. The number of carbonyl (C=O) groups is 1. The summed E-state index contributed by atoms with van der Waals surface area (Å²) in [5, 5.41) is 6.13. The summed E-state index contributed by atoms with van der Waals surface area (Å²) < 4.78 is 0. The maximum Gasteiger partial charge on any atom is 0.317 e. The van der Waals surface area contributed by atoms with E-state index in [1.54, 1.807) is 0 Å². The largest absolute Gasteiger partial charge is 0.336 e. The summed E-state index contributed by atoms with van der Waals surface area (Å²) in [6, 6.07) is 0.607. The fraction of sp³-hybridized carbons (Fsp3) is 0.875. The number of halogens is 1. The van der Waals surface area contributed by atoms with Crippen molar-refractivity contribution in [3.8, 4) is 0 Å². The van der Waals surface area contributed by atoms with Crippen molar-refractivity contribution in [2.75, 3.05) is 26.2 Å². The Hall–Kier alpha value is -0.480. The Kier molecular flexibility index (Phi) is 3.81. The van der Waals surface area contributed by atoms with E-state index >= 15 is 0 Å². The van der Waals surface area contributed by atoms with E-state index in [4.69, 9.17) is 0 Å². The average molecular weight is 206 g/mol. The molecule has 4 nitrogen and oxygen atoms in total. The van der Waals surface area contributed by atoms with E-state index in [1.165, 1.54) is 0 Å². The molecule has 0 bridgehead atoms. The van der Waals surface area contributed by atoms with Crippen molar-refractivity contribution in [2.24, 2.45) is 0 Å². The molecule has 2 amide bonds. The Morgan fingerprint density at radius 3 is 2.46 bits per heavy atom. The predicted molar refractivity (Wildman–Crippen MR) is 53.2 cm³/mol. The van der Waals surface area contributed by atoms with Crippen molar-refractivity contribution in [1.82, 2.24) is 15.5 Å². The Bertz CT molecular complexity index is 182. The van der Waals surface area contributed by atoms with E-state index in [-0.39, 0.29) is 18.4 Å². The molecule has 0 aromatic rings. The van der Waals surface area contributed by atoms with Crippen molar-refractivity contribution >= 4 is 18.4 Å². The van der Waals surface area contributed by atoms with Gasteiger partial charge in [-0.25, -0.2) is 4.79 Å². The van der Waals surface area contributed by atoms with Crippen LogP contribution in [0.25, 0.3) is 0 Å². The standard InChI is InChI=1S/C8H15N3O.ClH/c12-8-10-5-6-11(8)7-1-3-9-4-2-7;/h7,9H,1-6H2,(H,10,12);1H. The summed E-state index contributed by atoms with van der Waals surface area (Å²) in [7, 11) is 0. The molecular weight excluding hydrogens is 190 g/mol. The van der Waals surface area contributed by atoms with E-state index in [2.05, 4.69) is 10.6 Å². The number of nitrogens with one attached hydrogen (secondary N) is 2. The number of piperidine rings is 1. The first-order valence-corrected chi connectivity index (χ1v) is 4.63. The maximum atomic E-state index is 11.3. The molecule has 2 rings (SSSR count). The lowest BCUT2D eigenvalue weighted by atomic mass is 10.1. The molecule has 13 heavy (non-hydrogen) atoms. The minimum Gasteiger partial charge on any atom is -0.336 e. The summed E-state index contributed by atoms with van der Waals surface area (Å²) in [5.74, 6) is 0. The molecule has 0 atom stereocenters. The Balaban J connectivity index is 0.000000845. The second-order valence-electron chi connectivity index (χ2n) is 3.41. The maximum absolute atomic E-state index is 11.3. The average Bonchev–Trinajstić information content (AvgIpc) is 2.53. The Morgan fingerprint density at radius 2 is 1.92 bits per heavy atom. The second kappa shape index (κ2) is 4.67. The predicted octanol–water partition coefficient (Wildman–Crippen LogP) is 0.185. The second-order valence-corrected chi connectivity index (χ2v) is 3.41. The molecule has 2 aliphatic heterocycles. The van der Waals surface area contributed by atoms with Gasteiger partial charge in [0.15, 0.2) is 0 Å². The summed E-state index contributed by atoms with van der Waals surface area (Å²) in [5.41, 5.74) is 0. The third-order valence-corrected chi connectivity index (χ3v) is 2.64. The van der Waals surface area contributed by atoms with Gasteiger partial charge >= 0.3 is 6.03 Å². The smallest absolute Gasteiger partial charge is 0.317 e. The van der Waals surface area contributed by atoms with Gasteiger partial charge in [0.25, 0.3) is 0 Å². The minimum absolute atomic E-state index is 0. The number of urea groups is 1. The first-order valence-electron chi connectivity index (χ1n) is 4.63. The third kappa shape index (κ3) is 2.25. The summed E-state index contributed by atoms with van der Waals surface area (Å²) >= 11 is 0. The van der Waals surface area contributed by atoms with Crippen LogP contribution in [0.4, 0.5) is 4.79 Å². The number of nitrogens with zero attached hydrogens (tertiary/aromatic N) is 1. The van der Waals surface area contributed by atoms with Crippen LogP contribution >= 0.6 is 12.4 Å². The van der Waals surface area contributed by atoms with E-state index in [0.29, 0.717) is 6.04 Å². The van der Waals surface area contributed by atoms with Crippen LogP contribution in [0.1, 0.15) is 12.8 Å². The van der Waals surface area contributed by atoms with E-state index in [9.17, 15) is 4.79 Å². The van der Waals surface area contributed by atoms with Gasteiger partial charge in [-0.05, 0) is 25.9 Å². The highest BCUT2D eigenvalue weighted by atomic mass is 35.5. The van der Waals surface area contributed by atoms with Gasteiger partial charge in [-0.3, -0.25) is 0 Å². The van der Waals surface area contributed by atoms with Crippen LogP contribution in [0.3, 0.4) is 0 Å². The molecule has 0 spiro atoms. The molecule has 2 aliphatic rings. The van der Waals surface area contributed by atoms with Crippen LogP contribution in [-0.4, -0.2) is 43.2 Å². The molecule has 0 radical (unpaired) electrons. The van der Waals surface area contributed by atoms with Gasteiger partial charge in [0.1, 0.15) is 0 Å². The van der Waals surface area contributed by atoms with Crippen LogP contribution in [0.2, 0.25) is 0 Å². The highest BCUT2D eigenvalue weighted by Crippen LogP contribution is 2.13. The minimum atomic E-state index is 0. The van der Waals surface area contributed by atoms with E-state index < -0.39 is 0 Å². The molecule has 76 valence electrons. The van der Waals surface area contributed by atoms with Crippen molar-refractivity contribution in [3.63, 3.8) is 0 Å². The number of hydrogen-bond acceptors (Lipinski definition) is 2. The number of carbonyl (C=O) groups excluding carboxylic acids is 1. The lowest BCUT2D eigenvalue weighted by Crippen LogP contribution is -2.44. The molecule has 0 aromatic carbocycles. The summed E-state index contributed by atoms with van der Waals surface area (Å²) in [6.45, 7) is 3.81. The van der Waals surface area contributed by atoms with Gasteiger partial charge in [0.2, 0.25) is 0 Å². The Morgan fingerprint density at radius 1 is 1.23 bits per heavy atom. The molecule has 2 saturated heterocycles.